The van der Waals surface area contributed by atoms with Crippen LogP contribution in [-0.2, 0) is 0 Å². The van der Waals surface area contributed by atoms with Gasteiger partial charge >= 0.3 is 71.1 Å². The maximum absolute atomic E-state index is 10.1. The molecule has 0 heterocycles. The van der Waals surface area contributed by atoms with Crippen LogP contribution >= 0.6 is 0 Å². The van der Waals surface area contributed by atoms with E-state index in [0.717, 1.165) is 26.1 Å². The molecule has 1 aromatic carbocycles. The SMILES string of the molecule is CN(C)C.O=[N+]([O-])c1cc[c]([SnH])cc1. The Morgan fingerprint density at radius 1 is 1.21 bits per heavy atom. The Labute approximate surface area is 97.2 Å². The summed E-state index contributed by atoms with van der Waals surface area (Å²) < 4.78 is 1.16. The van der Waals surface area contributed by atoms with Crippen LogP contribution in [0.3, 0.4) is 0 Å². The first-order valence-corrected chi connectivity index (χ1v) is 5.69. The third kappa shape index (κ3) is 6.85. The van der Waals surface area contributed by atoms with Crippen molar-refractivity contribution in [3.05, 3.63) is 34.4 Å². The first-order valence-electron chi connectivity index (χ1n) is 4.04. The van der Waals surface area contributed by atoms with Crippen molar-refractivity contribution in [1.82, 2.24) is 4.90 Å². The van der Waals surface area contributed by atoms with Gasteiger partial charge in [-0.1, -0.05) is 0 Å². The first-order chi connectivity index (χ1) is 6.43. The number of non-ortho nitro benzene ring substituents is 1. The molecule has 0 spiro atoms. The quantitative estimate of drug-likeness (QED) is 0.426. The van der Waals surface area contributed by atoms with Gasteiger partial charge in [-0.25, -0.2) is 0 Å². The van der Waals surface area contributed by atoms with E-state index in [2.05, 4.69) is 0 Å². The van der Waals surface area contributed by atoms with Crippen molar-refractivity contribution in [3.8, 4) is 0 Å². The van der Waals surface area contributed by atoms with Crippen LogP contribution in [-0.4, -0.2) is 53.5 Å². The molecule has 0 atom stereocenters. The molecule has 0 fully saturated rings. The van der Waals surface area contributed by atoms with Gasteiger partial charge in [0.05, 0.1) is 0 Å². The molecule has 14 heavy (non-hydrogen) atoms. The van der Waals surface area contributed by atoms with Gasteiger partial charge in [0.15, 0.2) is 0 Å². The van der Waals surface area contributed by atoms with E-state index in [1.807, 2.05) is 26.0 Å². The summed E-state index contributed by atoms with van der Waals surface area (Å²) in [7, 11) is 6.00. The molecular weight excluding hydrogens is 287 g/mol. The summed E-state index contributed by atoms with van der Waals surface area (Å²) in [5, 5.41) is 10.1. The molecule has 0 saturated heterocycles. The van der Waals surface area contributed by atoms with E-state index in [1.165, 1.54) is 12.1 Å². The van der Waals surface area contributed by atoms with Crippen LogP contribution in [0, 0.1) is 10.1 Å². The number of nitro groups is 1. The summed E-state index contributed by atoms with van der Waals surface area (Å²) in [6.07, 6.45) is 0. The van der Waals surface area contributed by atoms with Gasteiger partial charge in [0.1, 0.15) is 0 Å². The summed E-state index contributed by atoms with van der Waals surface area (Å²) in [5.41, 5.74) is 0.165. The molecule has 4 nitrogen and oxygen atoms in total. The Kier molecular flexibility index (Phi) is 6.48. The predicted octanol–water partition coefficient (Wildman–Crippen LogP) is 0.299. The van der Waals surface area contributed by atoms with E-state index < -0.39 is 0 Å². The van der Waals surface area contributed by atoms with Crippen LogP contribution in [0.4, 0.5) is 5.69 Å². The van der Waals surface area contributed by atoms with Crippen LogP contribution in [0.15, 0.2) is 24.3 Å². The van der Waals surface area contributed by atoms with Crippen LogP contribution in [0.5, 0.6) is 0 Å². The maximum atomic E-state index is 10.1. The van der Waals surface area contributed by atoms with Gasteiger partial charge in [-0.3, -0.25) is 0 Å². The van der Waals surface area contributed by atoms with Gasteiger partial charge in [-0.2, -0.15) is 0 Å². The number of hydrogen-bond acceptors (Lipinski definition) is 3. The summed E-state index contributed by atoms with van der Waals surface area (Å²) in [5.74, 6) is 0. The Hall–Kier alpha value is -0.621. The van der Waals surface area contributed by atoms with E-state index in [-0.39, 0.29) is 10.6 Å². The average Bonchev–Trinajstić information content (AvgIpc) is 2.03. The first kappa shape index (κ1) is 13.4. The van der Waals surface area contributed by atoms with Gasteiger partial charge in [-0.05, 0) is 21.1 Å². The molecule has 1 aromatic rings. The Balaban J connectivity index is 0.000000364. The Morgan fingerprint density at radius 2 is 1.57 bits per heavy atom. The summed E-state index contributed by atoms with van der Waals surface area (Å²) in [6, 6.07) is 6.61. The second kappa shape index (κ2) is 6.78. The van der Waals surface area contributed by atoms with Crippen molar-refractivity contribution in [1.29, 1.82) is 0 Å². The van der Waals surface area contributed by atoms with Crippen LogP contribution in [0.25, 0.3) is 0 Å². The Bertz CT molecular complexity index is 283. The average molecular weight is 301 g/mol. The molecule has 2 radical (unpaired) electrons. The molecule has 0 aliphatic rings. The fourth-order valence-corrected chi connectivity index (χ4v) is 1.15. The van der Waals surface area contributed by atoms with Gasteiger partial charge in [0.25, 0.3) is 0 Å². The third-order valence-corrected chi connectivity index (χ3v) is 2.20. The predicted molar refractivity (Wildman–Crippen MR) is 59.5 cm³/mol. The normalized spacial score (nSPS) is 9.21. The van der Waals surface area contributed by atoms with Crippen molar-refractivity contribution in [3.63, 3.8) is 0 Å². The van der Waals surface area contributed by atoms with Crippen LogP contribution in [0.2, 0.25) is 0 Å². The molecule has 1 rings (SSSR count). The van der Waals surface area contributed by atoms with E-state index in [9.17, 15) is 10.1 Å². The zero-order valence-electron chi connectivity index (χ0n) is 8.60. The van der Waals surface area contributed by atoms with E-state index in [1.54, 1.807) is 12.1 Å². The van der Waals surface area contributed by atoms with Crippen molar-refractivity contribution < 1.29 is 4.92 Å². The van der Waals surface area contributed by atoms with Crippen LogP contribution in [0.1, 0.15) is 0 Å². The number of nitrogens with zero attached hydrogens (tertiary/aromatic N) is 2. The molecule has 0 aliphatic carbocycles. The second-order valence-corrected chi connectivity index (χ2v) is 5.09. The summed E-state index contributed by atoms with van der Waals surface area (Å²) in [6.45, 7) is 0. The molecule has 0 amide bonds. The van der Waals surface area contributed by atoms with Gasteiger partial charge in [-0.15, -0.1) is 0 Å². The molecule has 0 bridgehead atoms. The second-order valence-electron chi connectivity index (χ2n) is 3.19. The number of hydrogen-bond donors (Lipinski definition) is 0. The molecule has 0 unspecified atom stereocenters. The molecule has 0 N–H and O–H groups in total. The van der Waals surface area contributed by atoms with E-state index in [4.69, 9.17) is 0 Å². The van der Waals surface area contributed by atoms with E-state index in [0.29, 0.717) is 0 Å². The van der Waals surface area contributed by atoms with Crippen molar-refractivity contribution in [2.75, 3.05) is 21.1 Å². The zero-order valence-corrected chi connectivity index (χ0v) is 11.9. The van der Waals surface area contributed by atoms with Crippen molar-refractivity contribution >= 4 is 31.8 Å². The Morgan fingerprint density at radius 3 is 1.86 bits per heavy atom. The minimum absolute atomic E-state index is 0.165. The molecular formula is C9H14N2O2Sn. The standard InChI is InChI=1S/C6H4NO2.C3H9N.Sn.H/c8-7(9)6-4-2-1-3-5-6;1-4(2)3;;/h2-5H;1-3H3;;. The van der Waals surface area contributed by atoms with E-state index >= 15 is 0 Å². The van der Waals surface area contributed by atoms with Gasteiger partial charge < -0.3 is 4.90 Å². The fourth-order valence-electron chi connectivity index (χ4n) is 0.596. The molecule has 0 aliphatic heterocycles. The van der Waals surface area contributed by atoms with Crippen molar-refractivity contribution in [2.24, 2.45) is 0 Å². The molecule has 0 aromatic heterocycles. The topological polar surface area (TPSA) is 46.4 Å². The zero-order chi connectivity index (χ0) is 11.1. The number of rotatable bonds is 1. The summed E-state index contributed by atoms with van der Waals surface area (Å²) in [4.78, 5) is 11.7. The fraction of sp³-hybridized carbons (Fsp3) is 0.333. The number of nitro benzene ring substituents is 1. The minimum atomic E-state index is -0.389. The summed E-state index contributed by atoms with van der Waals surface area (Å²) >= 11 is 1.01. The molecule has 0 saturated carbocycles. The third-order valence-electron chi connectivity index (χ3n) is 1.10. The van der Waals surface area contributed by atoms with Gasteiger partial charge in [0.2, 0.25) is 0 Å². The number of benzene rings is 1. The van der Waals surface area contributed by atoms with Gasteiger partial charge in [0, 0.05) is 0 Å². The van der Waals surface area contributed by atoms with Crippen molar-refractivity contribution in [2.45, 2.75) is 0 Å². The van der Waals surface area contributed by atoms with Crippen LogP contribution < -0.4 is 3.58 Å². The molecule has 76 valence electrons. The monoisotopic (exact) mass is 302 g/mol. The molecule has 5 heteroatoms.